The second kappa shape index (κ2) is 6.07. The average molecular weight is 318 g/mol. The van der Waals surface area contributed by atoms with E-state index in [1.54, 1.807) is 0 Å². The van der Waals surface area contributed by atoms with Crippen molar-refractivity contribution in [2.24, 2.45) is 29.1 Å². The molecular weight excluding hydrogens is 288 g/mol. The van der Waals surface area contributed by atoms with Gasteiger partial charge < -0.3 is 4.74 Å². The molecule has 1 heterocycles. The smallest absolute Gasteiger partial charge is 0.306 e. The van der Waals surface area contributed by atoms with Gasteiger partial charge in [-0.15, -0.1) is 0 Å². The molecule has 3 aliphatic rings. The topological polar surface area (TPSA) is 43.4 Å². The van der Waals surface area contributed by atoms with Gasteiger partial charge in [0, 0.05) is 18.3 Å². The van der Waals surface area contributed by atoms with Gasteiger partial charge in [-0.3, -0.25) is 9.59 Å². The Balaban J connectivity index is 1.80. The maximum atomic E-state index is 12.3. The first-order chi connectivity index (χ1) is 10.8. The van der Waals surface area contributed by atoms with E-state index >= 15 is 0 Å². The summed E-state index contributed by atoms with van der Waals surface area (Å²) in [6.45, 7) is 9.00. The molecule has 3 heteroatoms. The molecule has 3 fully saturated rings. The molecule has 2 saturated carbocycles. The Labute approximate surface area is 139 Å². The Morgan fingerprint density at radius 2 is 2.13 bits per heavy atom. The lowest BCUT2D eigenvalue weighted by Gasteiger charge is -2.47. The molecule has 2 aliphatic carbocycles. The Morgan fingerprint density at radius 3 is 2.83 bits per heavy atom. The highest BCUT2D eigenvalue weighted by molar-refractivity contribution is 5.87. The summed E-state index contributed by atoms with van der Waals surface area (Å²) in [6, 6.07) is 0. The fourth-order valence-electron chi connectivity index (χ4n) is 5.66. The minimum Gasteiger partial charge on any atom is -0.462 e. The first-order valence-corrected chi connectivity index (χ1v) is 9.18. The first-order valence-electron chi connectivity index (χ1n) is 9.18. The summed E-state index contributed by atoms with van der Waals surface area (Å²) >= 11 is 0. The quantitative estimate of drug-likeness (QED) is 0.573. The van der Waals surface area contributed by atoms with Gasteiger partial charge in [0.2, 0.25) is 0 Å². The van der Waals surface area contributed by atoms with Crippen molar-refractivity contribution in [2.75, 3.05) is 0 Å². The van der Waals surface area contributed by atoms with Gasteiger partial charge in [-0.2, -0.15) is 0 Å². The number of carbonyl (C=O) groups is 2. The number of Topliss-reactive ketones (excluding diaryl/α,β-unsaturated/α-hetero) is 1. The van der Waals surface area contributed by atoms with Crippen LogP contribution in [-0.4, -0.2) is 17.9 Å². The number of ketones is 1. The lowest BCUT2D eigenvalue weighted by atomic mass is 9.57. The third-order valence-electron chi connectivity index (χ3n) is 6.78. The number of allylic oxidation sites excluding steroid dienone is 2. The predicted molar refractivity (Wildman–Crippen MR) is 89.8 cm³/mol. The van der Waals surface area contributed by atoms with Crippen molar-refractivity contribution in [1.29, 1.82) is 0 Å². The number of carbonyl (C=O) groups excluding carboxylic acids is 2. The maximum absolute atomic E-state index is 12.3. The molecule has 0 aromatic heterocycles. The Morgan fingerprint density at radius 1 is 1.39 bits per heavy atom. The molecule has 0 bridgehead atoms. The van der Waals surface area contributed by atoms with Crippen LogP contribution in [0.15, 0.2) is 11.6 Å². The second-order valence-electron chi connectivity index (χ2n) is 8.52. The molecule has 3 rings (SSSR count). The summed E-state index contributed by atoms with van der Waals surface area (Å²) in [6.07, 6.45) is 7.47. The van der Waals surface area contributed by atoms with Gasteiger partial charge in [0.25, 0.3) is 0 Å². The highest BCUT2D eigenvalue weighted by Gasteiger charge is 2.62. The van der Waals surface area contributed by atoms with Gasteiger partial charge in [0.1, 0.15) is 11.9 Å². The molecule has 0 aromatic rings. The SMILES string of the molecule is CC(C)=CCC[C@@H](C)[C@H]1C[C@@H]2OC(=O)CC3C(=O)CC[C@@]1(C)C32. The van der Waals surface area contributed by atoms with Crippen LogP contribution in [0.25, 0.3) is 0 Å². The molecule has 1 aliphatic heterocycles. The van der Waals surface area contributed by atoms with Gasteiger partial charge in [-0.05, 0) is 56.8 Å². The Hall–Kier alpha value is -1.12. The molecule has 128 valence electrons. The Bertz CT molecular complexity index is 531. The molecule has 2 unspecified atom stereocenters. The zero-order chi connectivity index (χ0) is 16.8. The van der Waals surface area contributed by atoms with Gasteiger partial charge in [0.05, 0.1) is 6.42 Å². The van der Waals surface area contributed by atoms with E-state index in [-0.39, 0.29) is 29.3 Å². The normalized spacial score (nSPS) is 40.3. The summed E-state index contributed by atoms with van der Waals surface area (Å²) in [5.74, 6) is 1.49. The number of hydrogen-bond donors (Lipinski definition) is 0. The molecule has 0 N–H and O–H groups in total. The van der Waals surface area contributed by atoms with E-state index in [1.165, 1.54) is 12.0 Å². The van der Waals surface area contributed by atoms with Crippen molar-refractivity contribution in [2.45, 2.75) is 72.3 Å². The van der Waals surface area contributed by atoms with Crippen molar-refractivity contribution in [3.05, 3.63) is 11.6 Å². The fourth-order valence-corrected chi connectivity index (χ4v) is 5.66. The molecule has 23 heavy (non-hydrogen) atoms. The van der Waals surface area contributed by atoms with E-state index in [9.17, 15) is 9.59 Å². The first kappa shape index (κ1) is 16.7. The van der Waals surface area contributed by atoms with E-state index in [0.29, 0.717) is 30.5 Å². The van der Waals surface area contributed by atoms with Gasteiger partial charge >= 0.3 is 5.97 Å². The fraction of sp³-hybridized carbons (Fsp3) is 0.800. The highest BCUT2D eigenvalue weighted by atomic mass is 16.5. The predicted octanol–water partition coefficient (Wildman–Crippen LogP) is 4.31. The minimum absolute atomic E-state index is 0.0218. The van der Waals surface area contributed by atoms with Gasteiger partial charge in [0.15, 0.2) is 0 Å². The molecule has 0 aromatic carbocycles. The number of rotatable bonds is 4. The van der Waals surface area contributed by atoms with E-state index < -0.39 is 0 Å². The van der Waals surface area contributed by atoms with E-state index in [0.717, 1.165) is 19.3 Å². The molecule has 3 nitrogen and oxygen atoms in total. The molecule has 1 saturated heterocycles. The zero-order valence-corrected chi connectivity index (χ0v) is 14.9. The van der Waals surface area contributed by atoms with Crippen molar-refractivity contribution in [3.8, 4) is 0 Å². The van der Waals surface area contributed by atoms with Gasteiger partial charge in [-0.1, -0.05) is 25.5 Å². The van der Waals surface area contributed by atoms with Crippen molar-refractivity contribution in [1.82, 2.24) is 0 Å². The minimum atomic E-state index is -0.160. The second-order valence-corrected chi connectivity index (χ2v) is 8.52. The summed E-state index contributed by atoms with van der Waals surface area (Å²) < 4.78 is 5.68. The van der Waals surface area contributed by atoms with E-state index in [1.807, 2.05) is 0 Å². The lowest BCUT2D eigenvalue weighted by molar-refractivity contribution is -0.171. The monoisotopic (exact) mass is 318 g/mol. The number of ether oxygens (including phenoxy) is 1. The van der Waals surface area contributed by atoms with Crippen molar-refractivity contribution in [3.63, 3.8) is 0 Å². The summed E-state index contributed by atoms with van der Waals surface area (Å²) in [7, 11) is 0. The largest absolute Gasteiger partial charge is 0.462 e. The van der Waals surface area contributed by atoms with E-state index in [2.05, 4.69) is 33.8 Å². The molecule has 6 atom stereocenters. The van der Waals surface area contributed by atoms with Crippen LogP contribution in [0.3, 0.4) is 0 Å². The Kier molecular flexibility index (Phi) is 4.41. The summed E-state index contributed by atoms with van der Waals surface area (Å²) in [5.41, 5.74) is 1.54. The van der Waals surface area contributed by atoms with Crippen LogP contribution in [0.1, 0.15) is 66.2 Å². The molecule has 0 amide bonds. The molecule has 0 radical (unpaired) electrons. The third-order valence-corrected chi connectivity index (χ3v) is 6.78. The van der Waals surface area contributed by atoms with Crippen LogP contribution in [0, 0.1) is 29.1 Å². The third kappa shape index (κ3) is 2.88. The van der Waals surface area contributed by atoms with Crippen LogP contribution in [0.4, 0.5) is 0 Å². The van der Waals surface area contributed by atoms with Crippen molar-refractivity contribution >= 4 is 11.8 Å². The standard InChI is InChI=1S/C20H30O3/c1-12(2)6-5-7-13(3)15-11-17-19-14(10-18(22)23-17)16(21)8-9-20(15,19)4/h6,13-15,17,19H,5,7-11H2,1-4H3/t13-,14?,15-,17+,19?,20-/m1/s1. The molecule has 0 spiro atoms. The van der Waals surface area contributed by atoms with E-state index in [4.69, 9.17) is 4.74 Å². The molecular formula is C20H30O3. The van der Waals surface area contributed by atoms with Crippen molar-refractivity contribution < 1.29 is 14.3 Å². The highest BCUT2D eigenvalue weighted by Crippen LogP contribution is 2.61. The van der Waals surface area contributed by atoms with Crippen LogP contribution in [0.5, 0.6) is 0 Å². The van der Waals surface area contributed by atoms with Crippen LogP contribution in [-0.2, 0) is 14.3 Å². The number of esters is 1. The van der Waals surface area contributed by atoms with Crippen LogP contribution < -0.4 is 0 Å². The summed E-state index contributed by atoms with van der Waals surface area (Å²) in [4.78, 5) is 24.2. The lowest BCUT2D eigenvalue weighted by Crippen LogP contribution is -2.49. The average Bonchev–Trinajstić information content (AvgIpc) is 2.76. The maximum Gasteiger partial charge on any atom is 0.306 e. The van der Waals surface area contributed by atoms with Crippen LogP contribution >= 0.6 is 0 Å². The number of hydrogen-bond acceptors (Lipinski definition) is 3. The van der Waals surface area contributed by atoms with Gasteiger partial charge in [-0.25, -0.2) is 0 Å². The summed E-state index contributed by atoms with van der Waals surface area (Å²) in [5, 5.41) is 0. The zero-order valence-electron chi connectivity index (χ0n) is 14.9. The van der Waals surface area contributed by atoms with Crippen LogP contribution in [0.2, 0.25) is 0 Å².